The highest BCUT2D eigenvalue weighted by atomic mass is 127. The van der Waals surface area contributed by atoms with Crippen molar-refractivity contribution in [3.8, 4) is 17.2 Å². The van der Waals surface area contributed by atoms with Crippen molar-refractivity contribution in [1.82, 2.24) is 25.4 Å². The average Bonchev–Trinajstić information content (AvgIpc) is 3.27. The van der Waals surface area contributed by atoms with Crippen LogP contribution < -0.4 is 24.8 Å². The molecule has 2 aliphatic rings. The van der Waals surface area contributed by atoms with Crippen molar-refractivity contribution >= 4 is 29.9 Å². The highest BCUT2D eigenvalue weighted by Crippen LogP contribution is 2.38. The Bertz CT molecular complexity index is 924. The van der Waals surface area contributed by atoms with Gasteiger partial charge in [0.05, 0.1) is 6.54 Å². The Balaban J connectivity index is 0.00000272. The number of hydrogen-bond acceptors (Lipinski definition) is 6. The van der Waals surface area contributed by atoms with Crippen molar-refractivity contribution in [2.24, 2.45) is 4.99 Å². The second-order valence-corrected chi connectivity index (χ2v) is 6.97. The Labute approximate surface area is 195 Å². The van der Waals surface area contributed by atoms with Gasteiger partial charge in [0.25, 0.3) is 0 Å². The number of aryl methyl sites for hydroxylation is 1. The molecule has 1 aromatic carbocycles. The van der Waals surface area contributed by atoms with Gasteiger partial charge in [-0.2, -0.15) is 8.78 Å². The van der Waals surface area contributed by atoms with Crippen LogP contribution in [0.25, 0.3) is 0 Å². The number of fused-ring (bicyclic) bond motifs is 2. The maximum atomic E-state index is 12.8. The summed E-state index contributed by atoms with van der Waals surface area (Å²) >= 11 is 0. The summed E-state index contributed by atoms with van der Waals surface area (Å²) < 4.78 is 43.0. The number of ether oxygens (including phenoxy) is 3. The lowest BCUT2D eigenvalue weighted by Crippen LogP contribution is -2.37. The first-order chi connectivity index (χ1) is 14.6. The van der Waals surface area contributed by atoms with Crippen LogP contribution in [0.1, 0.15) is 36.5 Å². The number of aliphatic imine (C=N–C) groups is 1. The molecular weight excluding hydrogens is 525 g/mol. The third-order valence-electron chi connectivity index (χ3n) is 5.04. The van der Waals surface area contributed by atoms with Crippen LogP contribution in [0.15, 0.2) is 17.1 Å². The highest BCUT2D eigenvalue weighted by molar-refractivity contribution is 14.0. The minimum atomic E-state index is -2.94. The third-order valence-corrected chi connectivity index (χ3v) is 5.04. The first kappa shape index (κ1) is 23.3. The van der Waals surface area contributed by atoms with Crippen LogP contribution in [-0.4, -0.2) is 41.2 Å². The Morgan fingerprint density at radius 3 is 2.71 bits per heavy atom. The quantitative estimate of drug-likeness (QED) is 0.325. The van der Waals surface area contributed by atoms with Crippen LogP contribution in [0.3, 0.4) is 0 Å². The van der Waals surface area contributed by atoms with Gasteiger partial charge >= 0.3 is 6.61 Å². The van der Waals surface area contributed by atoms with Crippen molar-refractivity contribution in [3.05, 3.63) is 29.3 Å². The van der Waals surface area contributed by atoms with Crippen molar-refractivity contribution in [2.75, 3.05) is 13.8 Å². The molecule has 0 unspecified atom stereocenters. The van der Waals surface area contributed by atoms with Gasteiger partial charge in [0.15, 0.2) is 23.3 Å². The zero-order valence-electron chi connectivity index (χ0n) is 17.1. The largest absolute Gasteiger partial charge is 0.454 e. The lowest BCUT2D eigenvalue weighted by molar-refractivity contribution is -0.0505. The van der Waals surface area contributed by atoms with E-state index in [1.807, 2.05) is 0 Å². The van der Waals surface area contributed by atoms with Gasteiger partial charge in [-0.25, -0.2) is 0 Å². The van der Waals surface area contributed by atoms with E-state index < -0.39 is 6.61 Å². The number of benzene rings is 1. The molecule has 31 heavy (non-hydrogen) atoms. The summed E-state index contributed by atoms with van der Waals surface area (Å²) in [7, 11) is 1.63. The first-order valence-electron chi connectivity index (χ1n) is 9.87. The van der Waals surface area contributed by atoms with Crippen molar-refractivity contribution in [1.29, 1.82) is 0 Å². The summed E-state index contributed by atoms with van der Waals surface area (Å²) in [5.74, 6) is 3.26. The molecule has 1 aromatic heterocycles. The SMILES string of the molecule is CN=C(NCc1cc2c(cc1OC(F)F)OCO2)NCc1nnc2n1CCCCC2.I. The van der Waals surface area contributed by atoms with Crippen molar-refractivity contribution in [3.63, 3.8) is 0 Å². The van der Waals surface area contributed by atoms with E-state index in [0.717, 1.165) is 37.5 Å². The number of hydrogen-bond donors (Lipinski definition) is 2. The predicted molar refractivity (Wildman–Crippen MR) is 119 cm³/mol. The molecule has 0 aliphatic carbocycles. The summed E-state index contributed by atoms with van der Waals surface area (Å²) in [6.45, 7) is -1.32. The summed E-state index contributed by atoms with van der Waals surface area (Å²) in [6.07, 6.45) is 4.38. The number of aromatic nitrogens is 3. The zero-order chi connectivity index (χ0) is 20.9. The Morgan fingerprint density at radius 2 is 1.94 bits per heavy atom. The van der Waals surface area contributed by atoms with Gasteiger partial charge in [-0.1, -0.05) is 6.42 Å². The summed E-state index contributed by atoms with van der Waals surface area (Å²) in [6, 6.07) is 3.03. The van der Waals surface area contributed by atoms with E-state index in [0.29, 0.717) is 29.6 Å². The minimum absolute atomic E-state index is 0. The molecule has 0 fully saturated rings. The normalized spacial score (nSPS) is 15.2. The monoisotopic (exact) mass is 550 g/mol. The van der Waals surface area contributed by atoms with Gasteiger partial charge in [-0.15, -0.1) is 34.2 Å². The van der Waals surface area contributed by atoms with Crippen LogP contribution in [0, 0.1) is 0 Å². The number of alkyl halides is 2. The van der Waals surface area contributed by atoms with Gasteiger partial charge in [-0.3, -0.25) is 4.99 Å². The molecule has 0 saturated heterocycles. The van der Waals surface area contributed by atoms with E-state index in [1.165, 1.54) is 12.5 Å². The molecule has 170 valence electrons. The molecule has 0 saturated carbocycles. The third kappa shape index (κ3) is 5.66. The van der Waals surface area contributed by atoms with E-state index in [-0.39, 0.29) is 43.1 Å². The van der Waals surface area contributed by atoms with E-state index in [2.05, 4.69) is 35.1 Å². The summed E-state index contributed by atoms with van der Waals surface area (Å²) in [5, 5.41) is 14.9. The Morgan fingerprint density at radius 1 is 1.16 bits per heavy atom. The van der Waals surface area contributed by atoms with Gasteiger partial charge in [0, 0.05) is 38.2 Å². The number of halogens is 3. The van der Waals surface area contributed by atoms with Gasteiger partial charge in [0.1, 0.15) is 11.6 Å². The van der Waals surface area contributed by atoms with Crippen molar-refractivity contribution in [2.45, 2.75) is 51.9 Å². The van der Waals surface area contributed by atoms with Crippen LogP contribution in [0.4, 0.5) is 8.78 Å². The van der Waals surface area contributed by atoms with Gasteiger partial charge < -0.3 is 29.4 Å². The molecule has 9 nitrogen and oxygen atoms in total. The van der Waals surface area contributed by atoms with Crippen molar-refractivity contribution < 1.29 is 23.0 Å². The molecule has 0 spiro atoms. The van der Waals surface area contributed by atoms with E-state index in [9.17, 15) is 8.78 Å². The van der Waals surface area contributed by atoms with Crippen LogP contribution >= 0.6 is 24.0 Å². The standard InChI is InChI=1S/C19H24F2N6O3.HI/c1-22-19(24-10-17-26-25-16-5-3-2-4-6-27(16)17)23-9-12-7-14-15(29-11-28-14)8-13(12)30-18(20)21;/h7-8,18H,2-6,9-11H2,1H3,(H2,22,23,24);1H. The van der Waals surface area contributed by atoms with Gasteiger partial charge in [0.2, 0.25) is 6.79 Å². The fourth-order valence-electron chi connectivity index (χ4n) is 3.55. The number of rotatable bonds is 6. The lowest BCUT2D eigenvalue weighted by Gasteiger charge is -2.15. The molecule has 0 atom stereocenters. The molecule has 3 heterocycles. The maximum absolute atomic E-state index is 12.8. The molecule has 0 amide bonds. The molecule has 12 heteroatoms. The van der Waals surface area contributed by atoms with E-state index >= 15 is 0 Å². The van der Waals surface area contributed by atoms with E-state index in [4.69, 9.17) is 9.47 Å². The second-order valence-electron chi connectivity index (χ2n) is 6.97. The molecule has 2 aliphatic heterocycles. The first-order valence-corrected chi connectivity index (χ1v) is 9.87. The molecular formula is C19H25F2IN6O3. The topological polar surface area (TPSA) is 94.8 Å². The predicted octanol–water partition coefficient (Wildman–Crippen LogP) is 2.82. The number of nitrogens with zero attached hydrogens (tertiary/aromatic N) is 4. The fourth-order valence-corrected chi connectivity index (χ4v) is 3.55. The van der Waals surface area contributed by atoms with Crippen LogP contribution in [0.5, 0.6) is 17.2 Å². The molecule has 2 N–H and O–H groups in total. The second kappa shape index (κ2) is 10.8. The lowest BCUT2D eigenvalue weighted by atomic mass is 10.1. The molecule has 2 aromatic rings. The zero-order valence-corrected chi connectivity index (χ0v) is 19.4. The van der Waals surface area contributed by atoms with Gasteiger partial charge in [-0.05, 0) is 18.9 Å². The maximum Gasteiger partial charge on any atom is 0.387 e. The fraction of sp³-hybridized carbons (Fsp3) is 0.526. The summed E-state index contributed by atoms with van der Waals surface area (Å²) in [4.78, 5) is 4.19. The van der Waals surface area contributed by atoms with E-state index in [1.54, 1.807) is 13.1 Å². The Hall–Kier alpha value is -2.38. The summed E-state index contributed by atoms with van der Waals surface area (Å²) in [5.41, 5.74) is 0.499. The minimum Gasteiger partial charge on any atom is -0.454 e. The Kier molecular flexibility index (Phi) is 8.09. The van der Waals surface area contributed by atoms with Crippen LogP contribution in [0.2, 0.25) is 0 Å². The molecule has 0 radical (unpaired) electrons. The molecule has 0 bridgehead atoms. The van der Waals surface area contributed by atoms with Crippen LogP contribution in [-0.2, 0) is 26.1 Å². The molecule has 4 rings (SSSR count). The smallest absolute Gasteiger partial charge is 0.387 e. The number of nitrogens with one attached hydrogen (secondary N) is 2. The highest BCUT2D eigenvalue weighted by Gasteiger charge is 2.20. The number of guanidine groups is 1. The average molecular weight is 550 g/mol.